The molecular weight excluding hydrogens is 268 g/mol. The minimum Gasteiger partial charge on any atom is -0.0741 e. The molecule has 0 aromatic carbocycles. The van der Waals surface area contributed by atoms with Crippen molar-refractivity contribution >= 4 is 8.80 Å². The summed E-state index contributed by atoms with van der Waals surface area (Å²) >= 11 is 0. The van der Waals surface area contributed by atoms with Crippen molar-refractivity contribution in [2.24, 2.45) is 5.92 Å². The smallest absolute Gasteiger partial charge is 0.0532 e. The van der Waals surface area contributed by atoms with Crippen molar-refractivity contribution in [3.63, 3.8) is 0 Å². The second kappa shape index (κ2) is 4.84. The van der Waals surface area contributed by atoms with E-state index in [1.165, 1.54) is 6.42 Å². The molecule has 2 unspecified atom stereocenters. The molecule has 3 aliphatic rings. The van der Waals surface area contributed by atoms with E-state index in [4.69, 9.17) is 0 Å². The molecule has 2 atom stereocenters. The summed E-state index contributed by atoms with van der Waals surface area (Å²) in [5.74, 6) is 0.614. The van der Waals surface area contributed by atoms with Crippen LogP contribution in [0.2, 0.25) is 17.1 Å². The molecule has 0 amide bonds. The molecule has 0 saturated carbocycles. The predicted molar refractivity (Wildman–Crippen MR) is 96.4 cm³/mol. The van der Waals surface area contributed by atoms with E-state index in [1.54, 1.807) is 51.1 Å². The molecule has 0 bridgehead atoms. The minimum atomic E-state index is -0.641. The maximum atomic E-state index is 2.64. The second-order valence-electron chi connectivity index (χ2n) is 7.81. The summed E-state index contributed by atoms with van der Waals surface area (Å²) in [5.41, 5.74) is 11.2. The summed E-state index contributed by atoms with van der Waals surface area (Å²) in [6.07, 6.45) is 4.12. The average Bonchev–Trinajstić information content (AvgIpc) is 2.67. The number of allylic oxidation sites excluding steroid dienone is 8. The van der Waals surface area contributed by atoms with Crippen LogP contribution in [-0.4, -0.2) is 8.80 Å². The van der Waals surface area contributed by atoms with Gasteiger partial charge < -0.3 is 0 Å². The maximum Gasteiger partial charge on any atom is 0.0532 e. The molecule has 1 aliphatic heterocycles. The fourth-order valence-electron chi connectivity index (χ4n) is 4.82. The van der Waals surface area contributed by atoms with Gasteiger partial charge in [0, 0.05) is 11.0 Å². The molecule has 0 nitrogen and oxygen atoms in total. The van der Waals surface area contributed by atoms with Gasteiger partial charge in [0.05, 0.1) is 8.80 Å². The zero-order valence-corrected chi connectivity index (χ0v) is 16.0. The molecule has 114 valence electrons. The lowest BCUT2D eigenvalue weighted by molar-refractivity contribution is 0.742. The summed E-state index contributed by atoms with van der Waals surface area (Å²) in [4.78, 5) is 0. The first-order valence-corrected chi connectivity index (χ1v) is 10.8. The number of hydrogen-bond donors (Lipinski definition) is 0. The summed E-state index contributed by atoms with van der Waals surface area (Å²) < 4.78 is 0. The Morgan fingerprint density at radius 2 is 1.62 bits per heavy atom. The Morgan fingerprint density at radius 1 is 1.00 bits per heavy atom. The average molecular weight is 299 g/mol. The molecule has 0 aromatic heterocycles. The van der Waals surface area contributed by atoms with E-state index in [1.807, 2.05) is 0 Å². The fourth-order valence-corrected chi connectivity index (χ4v) is 8.10. The summed E-state index contributed by atoms with van der Waals surface area (Å²) in [7, 11) is -0.641. The highest BCUT2D eigenvalue weighted by molar-refractivity contribution is 6.66. The van der Waals surface area contributed by atoms with E-state index in [2.05, 4.69) is 54.5 Å². The second-order valence-corrected chi connectivity index (χ2v) is 11.6. The maximum absolute atomic E-state index is 2.64. The van der Waals surface area contributed by atoms with Crippen molar-refractivity contribution in [2.45, 2.75) is 72.0 Å². The Balaban J connectivity index is 2.13. The van der Waals surface area contributed by atoms with Gasteiger partial charge in [-0.1, -0.05) is 49.6 Å². The number of rotatable bonds is 2. The van der Waals surface area contributed by atoms with Crippen LogP contribution >= 0.6 is 0 Å². The van der Waals surface area contributed by atoms with Gasteiger partial charge in [-0.25, -0.2) is 0 Å². The van der Waals surface area contributed by atoms with Gasteiger partial charge in [0.1, 0.15) is 0 Å². The monoisotopic (exact) mass is 298 g/mol. The first-order chi connectivity index (χ1) is 9.79. The van der Waals surface area contributed by atoms with Crippen molar-refractivity contribution in [1.82, 2.24) is 0 Å². The van der Waals surface area contributed by atoms with Crippen molar-refractivity contribution in [2.75, 3.05) is 0 Å². The number of hydrogen-bond acceptors (Lipinski definition) is 0. The molecule has 0 radical (unpaired) electrons. The molecule has 1 heterocycles. The van der Waals surface area contributed by atoms with Gasteiger partial charge in [-0.15, -0.1) is 0 Å². The molecule has 3 rings (SSSR count). The summed E-state index contributed by atoms with van der Waals surface area (Å²) in [6, 6.07) is 3.09. The molecule has 21 heavy (non-hydrogen) atoms. The van der Waals surface area contributed by atoms with E-state index in [9.17, 15) is 0 Å². The van der Waals surface area contributed by atoms with Gasteiger partial charge in [0.15, 0.2) is 0 Å². The highest BCUT2D eigenvalue weighted by Gasteiger charge is 2.46. The van der Waals surface area contributed by atoms with Crippen molar-refractivity contribution < 1.29 is 0 Å². The third-order valence-electron chi connectivity index (χ3n) is 6.88. The summed E-state index contributed by atoms with van der Waals surface area (Å²) in [6.45, 7) is 16.7. The van der Waals surface area contributed by atoms with Gasteiger partial charge in [0.2, 0.25) is 0 Å². The van der Waals surface area contributed by atoms with Gasteiger partial charge in [0.25, 0.3) is 0 Å². The highest BCUT2D eigenvalue weighted by Crippen LogP contribution is 2.59. The Morgan fingerprint density at radius 3 is 2.05 bits per heavy atom. The zero-order chi connectivity index (χ0) is 15.5. The molecule has 1 saturated heterocycles. The minimum absolute atomic E-state index is 0.419. The third-order valence-corrected chi connectivity index (χ3v) is 11.2. The molecule has 1 heteroatoms. The lowest BCUT2D eigenvalue weighted by Gasteiger charge is -2.42. The van der Waals surface area contributed by atoms with Crippen LogP contribution in [0.4, 0.5) is 0 Å². The van der Waals surface area contributed by atoms with Crippen LogP contribution in [0.1, 0.15) is 54.9 Å². The SMILES string of the molecule is CC1=CC(C)([SiH]2CCC2)C(C2=C(C)C(C)=C(C)C2C)=C1C. The molecule has 1 fully saturated rings. The first kappa shape index (κ1) is 15.1. The van der Waals surface area contributed by atoms with Crippen LogP contribution in [-0.2, 0) is 0 Å². The third kappa shape index (κ3) is 1.93. The predicted octanol–water partition coefficient (Wildman–Crippen LogP) is 5.96. The van der Waals surface area contributed by atoms with Gasteiger partial charge in [-0.05, 0) is 62.5 Å². The first-order valence-electron chi connectivity index (χ1n) is 8.59. The largest absolute Gasteiger partial charge is 0.0741 e. The molecular formula is C20H30Si. The van der Waals surface area contributed by atoms with Crippen LogP contribution in [0.25, 0.3) is 0 Å². The lowest BCUT2D eigenvalue weighted by Crippen LogP contribution is -2.36. The van der Waals surface area contributed by atoms with E-state index >= 15 is 0 Å². The van der Waals surface area contributed by atoms with Crippen molar-refractivity contribution in [3.8, 4) is 0 Å². The fraction of sp³-hybridized carbons (Fsp3) is 0.600. The van der Waals surface area contributed by atoms with Crippen molar-refractivity contribution in [3.05, 3.63) is 45.1 Å². The van der Waals surface area contributed by atoms with Gasteiger partial charge in [-0.3, -0.25) is 0 Å². The van der Waals surface area contributed by atoms with E-state index < -0.39 is 8.80 Å². The van der Waals surface area contributed by atoms with Crippen LogP contribution in [0, 0.1) is 5.92 Å². The van der Waals surface area contributed by atoms with E-state index in [0.29, 0.717) is 11.0 Å². The quantitative estimate of drug-likeness (QED) is 0.552. The molecule has 0 aromatic rings. The van der Waals surface area contributed by atoms with Crippen LogP contribution in [0.3, 0.4) is 0 Å². The van der Waals surface area contributed by atoms with Crippen LogP contribution in [0.15, 0.2) is 45.1 Å². The van der Waals surface area contributed by atoms with Gasteiger partial charge >= 0.3 is 0 Å². The van der Waals surface area contributed by atoms with E-state index in [-0.39, 0.29) is 0 Å². The Labute approximate surface area is 132 Å². The molecule has 2 aliphatic carbocycles. The Kier molecular flexibility index (Phi) is 3.48. The molecule has 0 spiro atoms. The van der Waals surface area contributed by atoms with Crippen LogP contribution < -0.4 is 0 Å². The Hall–Kier alpha value is -0.823. The topological polar surface area (TPSA) is 0 Å². The Bertz CT molecular complexity index is 622. The van der Waals surface area contributed by atoms with Crippen LogP contribution in [0.5, 0.6) is 0 Å². The zero-order valence-electron chi connectivity index (χ0n) is 14.9. The normalized spacial score (nSPS) is 34.0. The van der Waals surface area contributed by atoms with Gasteiger partial charge in [-0.2, -0.15) is 0 Å². The molecule has 0 N–H and O–H groups in total. The standard InChI is InChI=1S/C20H30Si/c1-12-11-20(7,21-9-8-10-21)19(13(12)2)18-16(5)14(3)15(4)17(18)6/h11,16,21H,8-10H2,1-7H3. The lowest BCUT2D eigenvalue weighted by atomic mass is 9.84. The van der Waals surface area contributed by atoms with E-state index in [0.717, 1.165) is 0 Å². The van der Waals surface area contributed by atoms with Crippen molar-refractivity contribution in [1.29, 1.82) is 0 Å². The highest BCUT2D eigenvalue weighted by atomic mass is 28.3. The summed E-state index contributed by atoms with van der Waals surface area (Å²) in [5, 5.41) is 0.419.